The van der Waals surface area contributed by atoms with Crippen LogP contribution < -0.4 is 10.5 Å². The molecule has 0 atom stereocenters. The van der Waals surface area contributed by atoms with Crippen molar-refractivity contribution in [2.24, 2.45) is 0 Å². The van der Waals surface area contributed by atoms with E-state index in [4.69, 9.17) is 8.94 Å². The summed E-state index contributed by atoms with van der Waals surface area (Å²) < 4.78 is 39.9. The molecule has 2 aromatic heterocycles. The van der Waals surface area contributed by atoms with Gasteiger partial charge in [0.2, 0.25) is 5.89 Å². The van der Waals surface area contributed by atoms with Gasteiger partial charge in [-0.05, 0) is 36.8 Å². The molecule has 9 nitrogen and oxygen atoms in total. The third-order valence-electron chi connectivity index (χ3n) is 4.81. The second kappa shape index (κ2) is 8.03. The van der Waals surface area contributed by atoms with Crippen molar-refractivity contribution >= 4 is 26.8 Å². The molecular weight excluding hydrogens is 420 g/mol. The van der Waals surface area contributed by atoms with Crippen LogP contribution in [0, 0.1) is 0 Å². The fraction of sp³-hybridized carbons (Fsp3) is 0.286. The summed E-state index contributed by atoms with van der Waals surface area (Å²) in [5.41, 5.74) is 2.11. The van der Waals surface area contributed by atoms with Gasteiger partial charge in [-0.25, -0.2) is 13.2 Å². The summed E-state index contributed by atoms with van der Waals surface area (Å²) in [6, 6.07) is 11.3. The first kappa shape index (κ1) is 20.9. The maximum atomic E-state index is 12.8. The lowest BCUT2D eigenvalue weighted by Crippen LogP contribution is -2.13. The number of anilines is 1. The van der Waals surface area contributed by atoms with E-state index in [2.05, 4.69) is 14.9 Å². The maximum Gasteiger partial charge on any atom is 0.419 e. The summed E-state index contributed by atoms with van der Waals surface area (Å²) in [5.74, 6) is 0.802. The highest BCUT2D eigenvalue weighted by molar-refractivity contribution is 7.92. The van der Waals surface area contributed by atoms with E-state index in [1.54, 1.807) is 30.3 Å². The molecule has 10 heteroatoms. The Hall–Kier alpha value is -3.40. The number of fused-ring (bicyclic) bond motifs is 1. The molecule has 162 valence electrons. The minimum Gasteiger partial charge on any atom is -0.408 e. The number of hydrogen-bond acceptors (Lipinski definition) is 7. The third-order valence-corrected chi connectivity index (χ3v) is 6.19. The Kier molecular flexibility index (Phi) is 5.40. The Balaban J connectivity index is 1.51. The Labute approximate surface area is 178 Å². The van der Waals surface area contributed by atoms with Gasteiger partial charge in [-0.3, -0.25) is 9.29 Å². The minimum atomic E-state index is -3.85. The molecule has 0 amide bonds. The number of benzene rings is 2. The molecule has 0 saturated carbocycles. The highest BCUT2D eigenvalue weighted by Gasteiger charge is 2.18. The number of nitrogens with one attached hydrogen (secondary N) is 1. The Bertz CT molecular complexity index is 1380. The van der Waals surface area contributed by atoms with Gasteiger partial charge in [0.25, 0.3) is 10.0 Å². The van der Waals surface area contributed by atoms with Gasteiger partial charge < -0.3 is 8.94 Å². The standard InChI is InChI=1S/C21H22N4O5S/c1-4-25-17-10-9-16(12-18(17)29-21(25)26)31(27,28)24-15-7-5-14(6-8-15)11-19-22-20(13(2)3)30-23-19/h5-10,12-13,24H,4,11H2,1-3H3. The molecule has 0 unspecified atom stereocenters. The molecule has 31 heavy (non-hydrogen) atoms. The predicted molar refractivity (Wildman–Crippen MR) is 115 cm³/mol. The molecular formula is C21H22N4O5S. The van der Waals surface area contributed by atoms with Crippen LogP contribution in [-0.4, -0.2) is 23.1 Å². The van der Waals surface area contributed by atoms with Crippen LogP contribution >= 0.6 is 0 Å². The Morgan fingerprint density at radius 1 is 1.13 bits per heavy atom. The average molecular weight is 442 g/mol. The largest absolute Gasteiger partial charge is 0.419 e. The molecule has 2 aromatic carbocycles. The molecule has 4 aromatic rings. The normalized spacial score (nSPS) is 12.0. The Morgan fingerprint density at radius 2 is 1.87 bits per heavy atom. The summed E-state index contributed by atoms with van der Waals surface area (Å²) in [4.78, 5) is 16.2. The first-order valence-corrected chi connectivity index (χ1v) is 11.3. The molecule has 0 spiro atoms. The van der Waals surface area contributed by atoms with Gasteiger partial charge in [0.05, 0.1) is 10.4 Å². The smallest absolute Gasteiger partial charge is 0.408 e. The summed E-state index contributed by atoms with van der Waals surface area (Å²) >= 11 is 0. The number of aromatic nitrogens is 3. The van der Waals surface area contributed by atoms with Crippen molar-refractivity contribution in [1.29, 1.82) is 0 Å². The van der Waals surface area contributed by atoms with Crippen molar-refractivity contribution in [1.82, 2.24) is 14.7 Å². The number of rotatable bonds is 7. The van der Waals surface area contributed by atoms with Crippen LogP contribution in [0.3, 0.4) is 0 Å². The van der Waals surface area contributed by atoms with Gasteiger partial charge in [-0.1, -0.05) is 31.1 Å². The highest BCUT2D eigenvalue weighted by atomic mass is 32.2. The molecule has 0 aliphatic rings. The van der Waals surface area contributed by atoms with Crippen molar-refractivity contribution in [3.8, 4) is 0 Å². The fourth-order valence-electron chi connectivity index (χ4n) is 3.17. The van der Waals surface area contributed by atoms with E-state index < -0.39 is 15.8 Å². The van der Waals surface area contributed by atoms with E-state index in [1.165, 1.54) is 16.7 Å². The summed E-state index contributed by atoms with van der Waals surface area (Å²) in [5, 5.41) is 3.96. The van der Waals surface area contributed by atoms with Gasteiger partial charge in [0, 0.05) is 30.6 Å². The third kappa shape index (κ3) is 4.24. The van der Waals surface area contributed by atoms with Crippen molar-refractivity contribution in [3.63, 3.8) is 0 Å². The van der Waals surface area contributed by atoms with Crippen molar-refractivity contribution < 1.29 is 17.4 Å². The number of nitrogens with zero attached hydrogens (tertiary/aromatic N) is 3. The number of hydrogen-bond donors (Lipinski definition) is 1. The van der Waals surface area contributed by atoms with Crippen LogP contribution in [0.5, 0.6) is 0 Å². The number of oxazole rings is 1. The van der Waals surface area contributed by atoms with E-state index in [-0.39, 0.29) is 16.4 Å². The monoisotopic (exact) mass is 442 g/mol. The van der Waals surface area contributed by atoms with Crippen molar-refractivity contribution in [3.05, 3.63) is 70.3 Å². The Morgan fingerprint density at radius 3 is 2.52 bits per heavy atom. The maximum absolute atomic E-state index is 12.8. The highest BCUT2D eigenvalue weighted by Crippen LogP contribution is 2.22. The number of sulfonamides is 1. The summed E-state index contributed by atoms with van der Waals surface area (Å²) in [6.07, 6.45) is 0.480. The van der Waals surface area contributed by atoms with E-state index in [9.17, 15) is 13.2 Å². The van der Waals surface area contributed by atoms with E-state index >= 15 is 0 Å². The lowest BCUT2D eigenvalue weighted by Gasteiger charge is -2.09. The molecule has 1 N–H and O–H groups in total. The van der Waals surface area contributed by atoms with Crippen molar-refractivity contribution in [2.45, 2.75) is 44.6 Å². The average Bonchev–Trinajstić information content (AvgIpc) is 3.32. The lowest BCUT2D eigenvalue weighted by molar-refractivity contribution is 0.361. The van der Waals surface area contributed by atoms with Crippen LogP contribution in [0.15, 0.2) is 61.1 Å². The van der Waals surface area contributed by atoms with Crippen LogP contribution in [-0.2, 0) is 23.0 Å². The van der Waals surface area contributed by atoms with Crippen LogP contribution in [0.4, 0.5) is 5.69 Å². The molecule has 0 aliphatic heterocycles. The van der Waals surface area contributed by atoms with Gasteiger partial charge in [-0.15, -0.1) is 0 Å². The number of aryl methyl sites for hydroxylation is 1. The quantitative estimate of drug-likeness (QED) is 0.465. The predicted octanol–water partition coefficient (Wildman–Crippen LogP) is 3.51. The second-order valence-corrected chi connectivity index (χ2v) is 9.11. The van der Waals surface area contributed by atoms with Gasteiger partial charge in [0.1, 0.15) is 0 Å². The second-order valence-electron chi connectivity index (χ2n) is 7.42. The molecule has 0 saturated heterocycles. The topological polar surface area (TPSA) is 120 Å². The van der Waals surface area contributed by atoms with Gasteiger partial charge in [0.15, 0.2) is 11.4 Å². The van der Waals surface area contributed by atoms with E-state index in [0.29, 0.717) is 35.9 Å². The van der Waals surface area contributed by atoms with Gasteiger partial charge in [-0.2, -0.15) is 4.98 Å². The fourth-order valence-corrected chi connectivity index (χ4v) is 4.25. The first-order valence-electron chi connectivity index (χ1n) is 9.84. The summed E-state index contributed by atoms with van der Waals surface area (Å²) in [6.45, 7) is 6.20. The zero-order valence-corrected chi connectivity index (χ0v) is 18.1. The molecule has 2 heterocycles. The van der Waals surface area contributed by atoms with Crippen LogP contribution in [0.1, 0.15) is 44.0 Å². The first-order chi connectivity index (χ1) is 14.8. The van der Waals surface area contributed by atoms with E-state index in [0.717, 1.165) is 5.56 Å². The zero-order valence-electron chi connectivity index (χ0n) is 17.3. The minimum absolute atomic E-state index is 0.00842. The zero-order chi connectivity index (χ0) is 22.2. The van der Waals surface area contributed by atoms with Crippen molar-refractivity contribution in [2.75, 3.05) is 4.72 Å². The summed E-state index contributed by atoms with van der Waals surface area (Å²) in [7, 11) is -3.85. The molecule has 0 aliphatic carbocycles. The molecule has 4 rings (SSSR count). The molecule has 0 fully saturated rings. The van der Waals surface area contributed by atoms with Crippen LogP contribution in [0.25, 0.3) is 11.1 Å². The van der Waals surface area contributed by atoms with E-state index in [1.807, 2.05) is 20.8 Å². The van der Waals surface area contributed by atoms with Crippen LogP contribution in [0.2, 0.25) is 0 Å². The molecule has 0 bridgehead atoms. The molecule has 0 radical (unpaired) electrons. The SMILES string of the molecule is CCn1c(=O)oc2cc(S(=O)(=O)Nc3ccc(Cc4noc(C(C)C)n4)cc3)ccc21. The van der Waals surface area contributed by atoms with Gasteiger partial charge >= 0.3 is 5.76 Å². The lowest BCUT2D eigenvalue weighted by atomic mass is 10.1.